The van der Waals surface area contributed by atoms with Gasteiger partial charge in [-0.25, -0.2) is 4.79 Å². The Balaban J connectivity index is 2.06. The van der Waals surface area contributed by atoms with E-state index in [-0.39, 0.29) is 18.9 Å². The van der Waals surface area contributed by atoms with E-state index in [4.69, 9.17) is 42.6 Å². The second-order valence-corrected chi connectivity index (χ2v) is 13.8. The maximum atomic E-state index is 13.5. The number of benzene rings is 2. The summed E-state index contributed by atoms with van der Waals surface area (Å²) in [6.07, 6.45) is 6.49. The summed E-state index contributed by atoms with van der Waals surface area (Å²) in [7, 11) is 7.50. The first-order valence-corrected chi connectivity index (χ1v) is 18.4. The fourth-order valence-corrected chi connectivity index (χ4v) is 6.43. The summed E-state index contributed by atoms with van der Waals surface area (Å²) in [6.45, 7) is 10.2. The van der Waals surface area contributed by atoms with Crippen molar-refractivity contribution in [3.8, 4) is 5.75 Å². The Bertz CT molecular complexity index is 1480. The molecule has 2 aromatic carbocycles. The van der Waals surface area contributed by atoms with Gasteiger partial charge in [-0.2, -0.15) is 0 Å². The lowest BCUT2D eigenvalue weighted by Gasteiger charge is -2.53. The van der Waals surface area contributed by atoms with E-state index >= 15 is 0 Å². The predicted octanol–water partition coefficient (Wildman–Crippen LogP) is 7.67. The highest BCUT2D eigenvalue weighted by Crippen LogP contribution is 2.49. The molecule has 0 unspecified atom stereocenters. The Hall–Kier alpha value is -3.84. The molecule has 0 aliphatic carbocycles. The molecule has 0 amide bonds. The number of esters is 2. The molecule has 11 heteroatoms. The van der Waals surface area contributed by atoms with Gasteiger partial charge in [0.25, 0.3) is 0 Å². The quantitative estimate of drug-likeness (QED) is 0.0366. The van der Waals surface area contributed by atoms with Gasteiger partial charge in [0, 0.05) is 45.7 Å². The monoisotopic (exact) mass is 752 g/mol. The molecule has 1 aliphatic heterocycles. The van der Waals surface area contributed by atoms with Crippen LogP contribution in [0.4, 0.5) is 0 Å². The van der Waals surface area contributed by atoms with E-state index in [1.54, 1.807) is 13.2 Å². The van der Waals surface area contributed by atoms with E-state index in [1.165, 1.54) is 34.5 Å². The number of methoxy groups -OCH3 is 5. The standard InChI is InChI=1S/C43H60O11/c1-10-11-12-16-19-38(44)53-41-34(27-39(45)47-6)26-36(54-43(41,50-9)42(3,4)25-24-40(48-7)49-8)28-37(31(2)51-29-32-17-14-13-15-18-32)52-30-33-20-22-35(46-5)23-21-33/h10,13-15,17-18,20-25,27,31,36-37,40-41H,1,11-12,16,19,26,28-30H2,2-9H3/b25-24+,34-27+/t31-,36+,37-,41+,43-/m1/s1. The van der Waals surface area contributed by atoms with E-state index < -0.39 is 47.7 Å². The molecule has 54 heavy (non-hydrogen) atoms. The molecule has 3 rings (SSSR count). The van der Waals surface area contributed by atoms with Crippen LogP contribution in [0.25, 0.3) is 0 Å². The zero-order chi connectivity index (χ0) is 39.6. The number of rotatable bonds is 23. The smallest absolute Gasteiger partial charge is 0.330 e. The van der Waals surface area contributed by atoms with Crippen LogP contribution in [0, 0.1) is 5.41 Å². The summed E-state index contributed by atoms with van der Waals surface area (Å²) in [6, 6.07) is 17.6. The van der Waals surface area contributed by atoms with Crippen LogP contribution in [0.5, 0.6) is 5.75 Å². The molecule has 2 aromatic rings. The lowest BCUT2D eigenvalue weighted by atomic mass is 9.74. The summed E-state index contributed by atoms with van der Waals surface area (Å²) in [4.78, 5) is 26.4. The second-order valence-electron chi connectivity index (χ2n) is 13.8. The molecule has 1 fully saturated rings. The van der Waals surface area contributed by atoms with Crippen molar-refractivity contribution in [3.63, 3.8) is 0 Å². The van der Waals surface area contributed by atoms with Crippen molar-refractivity contribution < 1.29 is 52.2 Å². The number of allylic oxidation sites excluding steroid dienone is 1. The van der Waals surface area contributed by atoms with Gasteiger partial charge in [-0.3, -0.25) is 4.79 Å². The summed E-state index contributed by atoms with van der Waals surface area (Å²) >= 11 is 0. The van der Waals surface area contributed by atoms with E-state index in [0.717, 1.165) is 29.7 Å². The minimum absolute atomic E-state index is 0.169. The molecular weight excluding hydrogens is 692 g/mol. The highest BCUT2D eigenvalue weighted by Gasteiger charge is 2.59. The maximum absolute atomic E-state index is 13.5. The Morgan fingerprint density at radius 1 is 0.944 bits per heavy atom. The highest BCUT2D eigenvalue weighted by atomic mass is 16.7. The molecular formula is C43H60O11. The third kappa shape index (κ3) is 12.9. The molecule has 0 saturated carbocycles. The summed E-state index contributed by atoms with van der Waals surface area (Å²) < 4.78 is 53.9. The minimum Gasteiger partial charge on any atom is -0.497 e. The van der Waals surface area contributed by atoms with Crippen molar-refractivity contribution in [1.82, 2.24) is 0 Å². The first kappa shape index (κ1) is 44.6. The SMILES string of the molecule is C=CCCCCC(=O)O[C@H]1/C(=C/C(=O)OC)C[C@@H](C[C@@H](OCc2ccc(OC)cc2)[C@@H](C)OCc2ccccc2)O[C@@]1(OC)C(C)(C)/C=C/C(OC)OC. The van der Waals surface area contributed by atoms with Crippen LogP contribution in [0.3, 0.4) is 0 Å². The minimum atomic E-state index is -1.62. The normalized spacial score (nSPS) is 20.9. The van der Waals surface area contributed by atoms with Crippen LogP contribution in [0.15, 0.2) is 91.1 Å². The lowest BCUT2D eigenvalue weighted by Crippen LogP contribution is -2.63. The first-order chi connectivity index (χ1) is 25.9. The van der Waals surface area contributed by atoms with Crippen molar-refractivity contribution in [1.29, 1.82) is 0 Å². The highest BCUT2D eigenvalue weighted by molar-refractivity contribution is 5.83. The molecule has 5 atom stereocenters. The van der Waals surface area contributed by atoms with Gasteiger partial charge in [-0.1, -0.05) is 68.5 Å². The Kier molecular flexibility index (Phi) is 18.6. The summed E-state index contributed by atoms with van der Waals surface area (Å²) in [5.74, 6) is -1.92. The number of hydrogen-bond acceptors (Lipinski definition) is 11. The molecule has 0 aromatic heterocycles. The van der Waals surface area contributed by atoms with Gasteiger partial charge in [0.15, 0.2) is 12.4 Å². The Labute approximate surface area is 321 Å². The number of carbonyl (C=O) groups excluding carboxylic acids is 2. The molecule has 0 bridgehead atoms. The van der Waals surface area contributed by atoms with Gasteiger partial charge in [-0.05, 0) is 67.5 Å². The summed E-state index contributed by atoms with van der Waals surface area (Å²) in [5, 5.41) is 0. The van der Waals surface area contributed by atoms with Crippen LogP contribution in [0.2, 0.25) is 0 Å². The molecule has 1 saturated heterocycles. The maximum Gasteiger partial charge on any atom is 0.330 e. The van der Waals surface area contributed by atoms with Crippen LogP contribution in [0.1, 0.15) is 70.4 Å². The largest absolute Gasteiger partial charge is 0.497 e. The lowest BCUT2D eigenvalue weighted by molar-refractivity contribution is -0.339. The second kappa shape index (κ2) is 22.5. The predicted molar refractivity (Wildman–Crippen MR) is 205 cm³/mol. The van der Waals surface area contributed by atoms with Gasteiger partial charge in [0.05, 0.1) is 45.7 Å². The zero-order valence-electron chi connectivity index (χ0n) is 33.2. The van der Waals surface area contributed by atoms with Crippen molar-refractivity contribution >= 4 is 11.9 Å². The average molecular weight is 753 g/mol. The Morgan fingerprint density at radius 2 is 1.61 bits per heavy atom. The molecule has 298 valence electrons. The van der Waals surface area contributed by atoms with Crippen molar-refractivity contribution in [2.24, 2.45) is 5.41 Å². The molecule has 0 N–H and O–H groups in total. The topological polar surface area (TPSA) is 117 Å². The molecule has 0 spiro atoms. The van der Waals surface area contributed by atoms with Gasteiger partial charge < -0.3 is 42.6 Å². The van der Waals surface area contributed by atoms with Gasteiger partial charge in [0.1, 0.15) is 5.75 Å². The molecule has 1 heterocycles. The summed E-state index contributed by atoms with van der Waals surface area (Å²) in [5.41, 5.74) is 1.48. The van der Waals surface area contributed by atoms with Crippen LogP contribution in [-0.4, -0.2) is 84.0 Å². The fourth-order valence-electron chi connectivity index (χ4n) is 6.43. The number of carbonyl (C=O) groups is 2. The first-order valence-electron chi connectivity index (χ1n) is 18.4. The van der Waals surface area contributed by atoms with Gasteiger partial charge >= 0.3 is 11.9 Å². The van der Waals surface area contributed by atoms with Gasteiger partial charge in [-0.15, -0.1) is 6.58 Å². The van der Waals surface area contributed by atoms with E-state index in [9.17, 15) is 9.59 Å². The van der Waals surface area contributed by atoms with Crippen LogP contribution < -0.4 is 4.74 Å². The van der Waals surface area contributed by atoms with Crippen molar-refractivity contribution in [2.75, 3.05) is 35.5 Å². The molecule has 0 radical (unpaired) electrons. The number of unbranched alkanes of at least 4 members (excludes halogenated alkanes) is 2. The zero-order valence-corrected chi connectivity index (χ0v) is 33.2. The fraction of sp³-hybridized carbons (Fsp3) is 0.535. The van der Waals surface area contributed by atoms with Crippen LogP contribution >= 0.6 is 0 Å². The van der Waals surface area contributed by atoms with E-state index in [2.05, 4.69) is 6.58 Å². The third-order valence-electron chi connectivity index (χ3n) is 9.61. The molecule has 1 aliphatic rings. The van der Waals surface area contributed by atoms with Crippen LogP contribution in [-0.2, 0) is 60.7 Å². The van der Waals surface area contributed by atoms with E-state index in [0.29, 0.717) is 31.6 Å². The third-order valence-corrected chi connectivity index (χ3v) is 9.61. The number of ether oxygens (including phenoxy) is 9. The van der Waals surface area contributed by atoms with Gasteiger partial charge in [0.2, 0.25) is 5.79 Å². The number of hydrogen-bond donors (Lipinski definition) is 0. The van der Waals surface area contributed by atoms with E-state index in [1.807, 2.05) is 87.5 Å². The van der Waals surface area contributed by atoms with Crippen molar-refractivity contribution in [3.05, 3.63) is 102 Å². The van der Waals surface area contributed by atoms with Crippen molar-refractivity contribution in [2.45, 2.75) is 109 Å². The molecule has 11 nitrogen and oxygen atoms in total. The average Bonchev–Trinajstić information content (AvgIpc) is 3.18. The Morgan fingerprint density at radius 3 is 2.22 bits per heavy atom.